The zero-order valence-corrected chi connectivity index (χ0v) is 11.6. The van der Waals surface area contributed by atoms with Gasteiger partial charge in [-0.3, -0.25) is 4.99 Å². The molecule has 0 saturated heterocycles. The van der Waals surface area contributed by atoms with Crippen LogP contribution in [0.2, 0.25) is 0 Å². The van der Waals surface area contributed by atoms with Gasteiger partial charge < -0.3 is 0 Å². The summed E-state index contributed by atoms with van der Waals surface area (Å²) in [6.45, 7) is 8.70. The van der Waals surface area contributed by atoms with Gasteiger partial charge in [-0.2, -0.15) is 0 Å². The number of hydrogen-bond donors (Lipinski definition) is 0. The van der Waals surface area contributed by atoms with Crippen LogP contribution in [0.15, 0.2) is 64.2 Å². The molecular weight excluding hydrogens is 218 g/mol. The first-order chi connectivity index (χ1) is 8.48. The molecule has 0 aromatic heterocycles. The first kappa shape index (κ1) is 12.8. The minimum atomic E-state index is 0.124. The normalized spacial score (nSPS) is 26.0. The Labute approximate surface area is 110 Å². The number of rotatable bonds is 1. The van der Waals surface area contributed by atoms with Gasteiger partial charge in [-0.05, 0) is 36.6 Å². The van der Waals surface area contributed by atoms with Gasteiger partial charge in [0.05, 0.1) is 6.04 Å². The Kier molecular flexibility index (Phi) is 3.51. The van der Waals surface area contributed by atoms with Gasteiger partial charge in [-0.1, -0.05) is 50.3 Å². The maximum absolute atomic E-state index is 4.39. The molecule has 1 nitrogen and oxygen atoms in total. The molecule has 1 aliphatic heterocycles. The second kappa shape index (κ2) is 4.93. The second-order valence-electron chi connectivity index (χ2n) is 5.60. The van der Waals surface area contributed by atoms with Crippen LogP contribution >= 0.6 is 0 Å². The summed E-state index contributed by atoms with van der Waals surface area (Å²) in [5.41, 5.74) is 3.95. The maximum Gasteiger partial charge on any atom is 0.0654 e. The van der Waals surface area contributed by atoms with Crippen LogP contribution < -0.4 is 0 Å². The van der Waals surface area contributed by atoms with E-state index in [0.29, 0.717) is 0 Å². The predicted octanol–water partition coefficient (Wildman–Crippen LogP) is 4.41. The van der Waals surface area contributed by atoms with Crippen LogP contribution in [0.25, 0.3) is 0 Å². The Bertz CT molecular complexity index is 508. The fraction of sp³-hybridized carbons (Fsp3) is 0.353. The van der Waals surface area contributed by atoms with E-state index in [-0.39, 0.29) is 11.5 Å². The second-order valence-corrected chi connectivity index (χ2v) is 5.60. The molecule has 1 unspecified atom stereocenters. The van der Waals surface area contributed by atoms with E-state index in [1.807, 2.05) is 6.21 Å². The average molecular weight is 239 g/mol. The third-order valence-corrected chi connectivity index (χ3v) is 3.31. The van der Waals surface area contributed by atoms with Crippen molar-refractivity contribution in [2.75, 3.05) is 0 Å². The lowest BCUT2D eigenvalue weighted by Crippen LogP contribution is -2.00. The van der Waals surface area contributed by atoms with E-state index in [9.17, 15) is 0 Å². The van der Waals surface area contributed by atoms with Crippen molar-refractivity contribution in [2.45, 2.75) is 33.7 Å². The number of hydrogen-bond acceptors (Lipinski definition) is 1. The molecular formula is C17H21N. The quantitative estimate of drug-likeness (QED) is 0.642. The van der Waals surface area contributed by atoms with Crippen LogP contribution in [-0.4, -0.2) is 12.3 Å². The Morgan fingerprint density at radius 3 is 2.61 bits per heavy atom. The molecule has 0 aromatic carbocycles. The number of aliphatic imine (C=N–C) groups is 1. The molecule has 0 spiro atoms. The summed E-state index contributed by atoms with van der Waals surface area (Å²) in [6, 6.07) is 0.265. The van der Waals surface area contributed by atoms with Crippen LogP contribution in [0.5, 0.6) is 0 Å². The van der Waals surface area contributed by atoms with Crippen LogP contribution in [-0.2, 0) is 0 Å². The van der Waals surface area contributed by atoms with Gasteiger partial charge in [0, 0.05) is 11.6 Å². The molecule has 0 bridgehead atoms. The smallest absolute Gasteiger partial charge is 0.0654 e. The Morgan fingerprint density at radius 1 is 1.11 bits per heavy atom. The van der Waals surface area contributed by atoms with Crippen LogP contribution in [0.3, 0.4) is 0 Å². The minimum absolute atomic E-state index is 0.124. The fourth-order valence-corrected chi connectivity index (χ4v) is 2.03. The first-order valence-corrected chi connectivity index (χ1v) is 6.49. The summed E-state index contributed by atoms with van der Waals surface area (Å²) in [6.07, 6.45) is 17.3. The molecule has 0 radical (unpaired) electrons. The van der Waals surface area contributed by atoms with E-state index >= 15 is 0 Å². The summed E-state index contributed by atoms with van der Waals surface area (Å²) < 4.78 is 0. The van der Waals surface area contributed by atoms with Crippen molar-refractivity contribution < 1.29 is 0 Å². The molecule has 0 N–H and O–H groups in total. The molecule has 18 heavy (non-hydrogen) atoms. The molecule has 1 heterocycles. The van der Waals surface area contributed by atoms with Crippen molar-refractivity contribution in [1.82, 2.24) is 0 Å². The summed E-state index contributed by atoms with van der Waals surface area (Å²) in [5, 5.41) is 0. The van der Waals surface area contributed by atoms with Crippen LogP contribution in [0.4, 0.5) is 0 Å². The lowest BCUT2D eigenvalue weighted by Gasteiger charge is -2.12. The Hall–Kier alpha value is -1.63. The maximum atomic E-state index is 4.39. The molecule has 1 heteroatoms. The largest absolute Gasteiger partial charge is 0.286 e. The number of nitrogens with zero attached hydrogens (tertiary/aromatic N) is 1. The highest BCUT2D eigenvalue weighted by Gasteiger charge is 2.14. The zero-order valence-electron chi connectivity index (χ0n) is 11.6. The van der Waals surface area contributed by atoms with Gasteiger partial charge >= 0.3 is 0 Å². The van der Waals surface area contributed by atoms with Crippen molar-refractivity contribution in [1.29, 1.82) is 0 Å². The fourth-order valence-electron chi connectivity index (χ4n) is 2.03. The van der Waals surface area contributed by atoms with Crippen molar-refractivity contribution in [2.24, 2.45) is 10.4 Å². The SMILES string of the molecule is CC1=C(C2=CC=NC(C)C=C2)C=CC(C)(C)C=C1. The number of allylic oxidation sites excluding steroid dienone is 9. The van der Waals surface area contributed by atoms with Crippen molar-refractivity contribution in [3.63, 3.8) is 0 Å². The third kappa shape index (κ3) is 2.98. The molecule has 2 rings (SSSR count). The summed E-state index contributed by atoms with van der Waals surface area (Å²) in [7, 11) is 0. The molecule has 2 aliphatic rings. The van der Waals surface area contributed by atoms with Gasteiger partial charge in [-0.15, -0.1) is 0 Å². The molecule has 0 saturated carbocycles. The van der Waals surface area contributed by atoms with Crippen molar-refractivity contribution >= 4 is 6.21 Å². The Balaban J connectivity index is 2.39. The topological polar surface area (TPSA) is 12.4 Å². The monoisotopic (exact) mass is 239 g/mol. The van der Waals surface area contributed by atoms with Gasteiger partial charge in [-0.25, -0.2) is 0 Å². The Morgan fingerprint density at radius 2 is 1.83 bits per heavy atom. The highest BCUT2D eigenvalue weighted by atomic mass is 14.7. The minimum Gasteiger partial charge on any atom is -0.286 e. The molecule has 0 aromatic rings. The van der Waals surface area contributed by atoms with E-state index < -0.39 is 0 Å². The van der Waals surface area contributed by atoms with E-state index in [2.05, 4.69) is 75.2 Å². The van der Waals surface area contributed by atoms with Gasteiger partial charge in [0.15, 0.2) is 0 Å². The highest BCUT2D eigenvalue weighted by molar-refractivity contribution is 5.77. The zero-order chi connectivity index (χ0) is 13.2. The van der Waals surface area contributed by atoms with Crippen molar-refractivity contribution in [3.8, 4) is 0 Å². The van der Waals surface area contributed by atoms with Gasteiger partial charge in [0.1, 0.15) is 0 Å². The lowest BCUT2D eigenvalue weighted by molar-refractivity contribution is 0.626. The third-order valence-electron chi connectivity index (χ3n) is 3.31. The van der Waals surface area contributed by atoms with Crippen molar-refractivity contribution in [3.05, 3.63) is 59.3 Å². The van der Waals surface area contributed by atoms with E-state index in [1.54, 1.807) is 0 Å². The van der Waals surface area contributed by atoms with E-state index in [4.69, 9.17) is 0 Å². The van der Waals surface area contributed by atoms with Crippen LogP contribution in [0, 0.1) is 5.41 Å². The standard InChI is InChI=1S/C17H21N/c1-13-7-10-17(3,4)11-8-16(13)15-6-5-14(2)18-12-9-15/h5-12,14H,1-4H3. The lowest BCUT2D eigenvalue weighted by atomic mass is 9.92. The highest BCUT2D eigenvalue weighted by Crippen LogP contribution is 2.29. The van der Waals surface area contributed by atoms with Crippen LogP contribution in [0.1, 0.15) is 27.7 Å². The summed E-state index contributed by atoms with van der Waals surface area (Å²) in [4.78, 5) is 4.39. The molecule has 1 atom stereocenters. The molecule has 0 amide bonds. The van der Waals surface area contributed by atoms with E-state index in [1.165, 1.54) is 16.7 Å². The van der Waals surface area contributed by atoms with Gasteiger partial charge in [0.25, 0.3) is 0 Å². The summed E-state index contributed by atoms with van der Waals surface area (Å²) >= 11 is 0. The molecule has 0 fully saturated rings. The predicted molar refractivity (Wildman–Crippen MR) is 79.9 cm³/mol. The van der Waals surface area contributed by atoms with E-state index in [0.717, 1.165) is 0 Å². The average Bonchev–Trinajstić information content (AvgIpc) is 2.58. The first-order valence-electron chi connectivity index (χ1n) is 6.49. The molecule has 1 aliphatic carbocycles. The molecule has 94 valence electrons. The summed E-state index contributed by atoms with van der Waals surface area (Å²) in [5.74, 6) is 0. The van der Waals surface area contributed by atoms with Gasteiger partial charge in [0.2, 0.25) is 0 Å².